The third kappa shape index (κ3) is 9.67. The summed E-state index contributed by atoms with van der Waals surface area (Å²) in [6, 6.07) is 9.99. The van der Waals surface area contributed by atoms with Crippen molar-refractivity contribution in [2.24, 2.45) is 5.73 Å². The van der Waals surface area contributed by atoms with Gasteiger partial charge in [-0.05, 0) is 23.6 Å². The highest BCUT2D eigenvalue weighted by Crippen LogP contribution is 2.19. The van der Waals surface area contributed by atoms with Crippen LogP contribution in [-0.2, 0) is 41.6 Å². The lowest BCUT2D eigenvalue weighted by molar-refractivity contribution is -0.143. The van der Waals surface area contributed by atoms with E-state index in [1.165, 1.54) is 0 Å². The lowest BCUT2D eigenvalue weighted by Crippen LogP contribution is -2.58. The van der Waals surface area contributed by atoms with Gasteiger partial charge in [-0.25, -0.2) is 4.79 Å². The fourth-order valence-electron chi connectivity index (χ4n) is 4.42. The second kappa shape index (κ2) is 15.1. The van der Waals surface area contributed by atoms with Crippen molar-refractivity contribution >= 4 is 46.5 Å². The van der Waals surface area contributed by atoms with Gasteiger partial charge in [0.2, 0.25) is 17.7 Å². The number of amides is 3. The van der Waals surface area contributed by atoms with E-state index < -0.39 is 72.6 Å². The van der Waals surface area contributed by atoms with E-state index in [0.717, 1.165) is 10.9 Å². The summed E-state index contributed by atoms with van der Waals surface area (Å²) >= 11 is 0. The largest absolute Gasteiger partial charge is 0.481 e. The van der Waals surface area contributed by atoms with Gasteiger partial charge < -0.3 is 42.0 Å². The van der Waals surface area contributed by atoms with Gasteiger partial charge in [0, 0.05) is 36.4 Å². The summed E-state index contributed by atoms with van der Waals surface area (Å²) in [6.07, 6.45) is -0.143. The first-order chi connectivity index (χ1) is 20.4. The Hall–Kier alpha value is -5.24. The molecule has 0 saturated carbocycles. The standard InChI is InChI=1S/C29H33N5O9/c30-19(14-25(37)38)26(39)33-22(13-17-15-31-20-9-5-4-8-18(17)20)28(41)32-21(10-11-24(35)36)27(40)34-23(29(42)43)12-16-6-2-1-3-7-16/h1-9,15,19,21-23,31H,10-14,30H2,(H,32,41)(H,33,39)(H,34,40)(H,35,36)(H,37,38)(H,42,43). The molecule has 2 aromatic carbocycles. The van der Waals surface area contributed by atoms with E-state index in [1.807, 2.05) is 0 Å². The predicted molar refractivity (Wildman–Crippen MR) is 153 cm³/mol. The topological polar surface area (TPSA) is 241 Å². The van der Waals surface area contributed by atoms with Gasteiger partial charge in [-0.2, -0.15) is 0 Å². The number of hydrogen-bond donors (Lipinski definition) is 8. The summed E-state index contributed by atoms with van der Waals surface area (Å²) < 4.78 is 0. The van der Waals surface area contributed by atoms with Crippen molar-refractivity contribution in [1.82, 2.24) is 20.9 Å². The molecule has 0 aliphatic heterocycles. The molecule has 4 unspecified atom stereocenters. The number of carbonyl (C=O) groups is 6. The highest BCUT2D eigenvalue weighted by molar-refractivity contribution is 5.95. The molecule has 0 fully saturated rings. The van der Waals surface area contributed by atoms with Crippen LogP contribution in [0.25, 0.3) is 10.9 Å². The summed E-state index contributed by atoms with van der Waals surface area (Å²) in [7, 11) is 0. The fraction of sp³-hybridized carbons (Fsp3) is 0.310. The van der Waals surface area contributed by atoms with E-state index in [2.05, 4.69) is 20.9 Å². The summed E-state index contributed by atoms with van der Waals surface area (Å²) in [5.74, 6) is -6.66. The van der Waals surface area contributed by atoms with Crippen LogP contribution in [0.5, 0.6) is 0 Å². The van der Waals surface area contributed by atoms with E-state index in [9.17, 15) is 39.0 Å². The van der Waals surface area contributed by atoms with Gasteiger partial charge in [0.15, 0.2) is 0 Å². The molecular formula is C29H33N5O9. The maximum Gasteiger partial charge on any atom is 0.326 e. The van der Waals surface area contributed by atoms with Crippen LogP contribution in [0, 0.1) is 0 Å². The molecule has 3 aromatic rings. The van der Waals surface area contributed by atoms with Gasteiger partial charge in [0.1, 0.15) is 18.1 Å². The second-order valence-electron chi connectivity index (χ2n) is 9.91. The molecule has 1 aromatic heterocycles. The molecule has 9 N–H and O–H groups in total. The maximum atomic E-state index is 13.5. The quantitative estimate of drug-likeness (QED) is 0.111. The number of rotatable bonds is 16. The third-order valence-corrected chi connectivity index (χ3v) is 6.64. The summed E-state index contributed by atoms with van der Waals surface area (Å²) in [4.78, 5) is 76.7. The molecule has 3 rings (SSSR count). The van der Waals surface area contributed by atoms with Crippen molar-refractivity contribution in [2.45, 2.75) is 56.3 Å². The highest BCUT2D eigenvalue weighted by Gasteiger charge is 2.31. The van der Waals surface area contributed by atoms with E-state index in [0.29, 0.717) is 11.1 Å². The SMILES string of the molecule is NC(CC(=O)O)C(=O)NC(Cc1c[nH]c2ccccc12)C(=O)NC(CCC(=O)O)C(=O)NC(Cc1ccccc1)C(=O)O. The Morgan fingerprint density at radius 3 is 1.98 bits per heavy atom. The number of para-hydroxylation sites is 1. The fourth-order valence-corrected chi connectivity index (χ4v) is 4.42. The minimum atomic E-state index is -1.48. The molecule has 3 amide bonds. The number of nitrogens with one attached hydrogen (secondary N) is 4. The Labute approximate surface area is 245 Å². The van der Waals surface area contributed by atoms with Crippen LogP contribution in [-0.4, -0.2) is 80.1 Å². The first kappa shape index (κ1) is 32.3. The van der Waals surface area contributed by atoms with Crippen LogP contribution in [0.4, 0.5) is 0 Å². The van der Waals surface area contributed by atoms with Gasteiger partial charge >= 0.3 is 17.9 Å². The molecule has 0 bridgehead atoms. The number of nitrogens with two attached hydrogens (primary N) is 1. The molecule has 0 aliphatic carbocycles. The lowest BCUT2D eigenvalue weighted by atomic mass is 10.0. The van der Waals surface area contributed by atoms with Crippen LogP contribution < -0.4 is 21.7 Å². The summed E-state index contributed by atoms with van der Waals surface area (Å²) in [5, 5.41) is 35.9. The smallest absolute Gasteiger partial charge is 0.326 e. The molecule has 0 aliphatic rings. The van der Waals surface area contributed by atoms with Crippen molar-refractivity contribution in [3.8, 4) is 0 Å². The molecule has 14 nitrogen and oxygen atoms in total. The van der Waals surface area contributed by atoms with Crippen LogP contribution in [0.3, 0.4) is 0 Å². The molecule has 228 valence electrons. The Balaban J connectivity index is 1.84. The lowest BCUT2D eigenvalue weighted by Gasteiger charge is -2.25. The number of benzene rings is 2. The maximum absolute atomic E-state index is 13.5. The Morgan fingerprint density at radius 1 is 0.721 bits per heavy atom. The van der Waals surface area contributed by atoms with Crippen molar-refractivity contribution in [3.05, 3.63) is 71.9 Å². The molecule has 14 heteroatoms. The predicted octanol–water partition coefficient (Wildman–Crippen LogP) is 0.159. The number of fused-ring (bicyclic) bond motifs is 1. The zero-order valence-electron chi connectivity index (χ0n) is 23.0. The summed E-state index contributed by atoms with van der Waals surface area (Å²) in [6.45, 7) is 0. The monoisotopic (exact) mass is 595 g/mol. The van der Waals surface area contributed by atoms with Crippen LogP contribution in [0.1, 0.15) is 30.4 Å². The average molecular weight is 596 g/mol. The van der Waals surface area contributed by atoms with Crippen LogP contribution in [0.15, 0.2) is 60.8 Å². The number of aromatic nitrogens is 1. The molecule has 4 atom stereocenters. The molecule has 0 saturated heterocycles. The van der Waals surface area contributed by atoms with Crippen LogP contribution >= 0.6 is 0 Å². The highest BCUT2D eigenvalue weighted by atomic mass is 16.4. The number of aromatic amines is 1. The zero-order valence-corrected chi connectivity index (χ0v) is 23.0. The number of hydrogen-bond acceptors (Lipinski definition) is 7. The van der Waals surface area contributed by atoms with E-state index in [4.69, 9.17) is 10.8 Å². The molecule has 0 radical (unpaired) electrons. The minimum absolute atomic E-state index is 0.0672. The van der Waals surface area contributed by atoms with Crippen molar-refractivity contribution in [1.29, 1.82) is 0 Å². The third-order valence-electron chi connectivity index (χ3n) is 6.64. The number of H-pyrrole nitrogens is 1. The Morgan fingerprint density at radius 2 is 1.33 bits per heavy atom. The van der Waals surface area contributed by atoms with Gasteiger partial charge in [0.05, 0.1) is 12.5 Å². The second-order valence-corrected chi connectivity index (χ2v) is 9.91. The number of carbonyl (C=O) groups excluding carboxylic acids is 3. The van der Waals surface area contributed by atoms with Crippen molar-refractivity contribution in [3.63, 3.8) is 0 Å². The Bertz CT molecular complexity index is 1470. The van der Waals surface area contributed by atoms with E-state index in [-0.39, 0.29) is 19.3 Å². The number of carboxylic acid groups (broad SMARTS) is 3. The first-order valence-corrected chi connectivity index (χ1v) is 13.4. The number of carboxylic acids is 3. The van der Waals surface area contributed by atoms with Crippen molar-refractivity contribution < 1.29 is 44.1 Å². The zero-order chi connectivity index (χ0) is 31.5. The average Bonchev–Trinajstić information content (AvgIpc) is 3.37. The first-order valence-electron chi connectivity index (χ1n) is 13.4. The molecule has 0 spiro atoms. The van der Waals surface area contributed by atoms with E-state index >= 15 is 0 Å². The van der Waals surface area contributed by atoms with Gasteiger partial charge in [-0.1, -0.05) is 48.5 Å². The molecule has 1 heterocycles. The van der Waals surface area contributed by atoms with Crippen molar-refractivity contribution in [2.75, 3.05) is 0 Å². The van der Waals surface area contributed by atoms with Gasteiger partial charge in [-0.15, -0.1) is 0 Å². The van der Waals surface area contributed by atoms with Gasteiger partial charge in [0.25, 0.3) is 0 Å². The Kier molecular flexibility index (Phi) is 11.3. The normalized spacial score (nSPS) is 13.7. The van der Waals surface area contributed by atoms with E-state index in [1.54, 1.807) is 60.8 Å². The van der Waals surface area contributed by atoms with Gasteiger partial charge in [-0.3, -0.25) is 24.0 Å². The summed E-state index contributed by atoms with van der Waals surface area (Å²) in [5.41, 5.74) is 7.68. The molecular weight excluding hydrogens is 562 g/mol. The molecule has 43 heavy (non-hydrogen) atoms. The van der Waals surface area contributed by atoms with Crippen LogP contribution in [0.2, 0.25) is 0 Å². The number of aliphatic carboxylic acids is 3. The minimum Gasteiger partial charge on any atom is -0.481 e.